The minimum absolute atomic E-state index is 0.0140. The third kappa shape index (κ3) is 5.27. The van der Waals surface area contributed by atoms with Crippen molar-refractivity contribution < 1.29 is 23.1 Å². The minimum Gasteiger partial charge on any atom is -0.446 e. The number of carbonyl (C=O) groups excluding carboxylic acids is 2. The Hall–Kier alpha value is -3.78. The molecule has 1 aliphatic heterocycles. The number of ether oxygens (including phenoxy) is 1. The van der Waals surface area contributed by atoms with Crippen LogP contribution >= 0.6 is 0 Å². The van der Waals surface area contributed by atoms with Crippen LogP contribution in [-0.4, -0.2) is 42.8 Å². The van der Waals surface area contributed by atoms with Gasteiger partial charge in [-0.1, -0.05) is 66.7 Å². The highest BCUT2D eigenvalue weighted by Crippen LogP contribution is 2.44. The molecule has 2 fully saturated rings. The lowest BCUT2D eigenvalue weighted by atomic mass is 9.64. The van der Waals surface area contributed by atoms with Crippen molar-refractivity contribution in [3.8, 4) is 0 Å². The van der Waals surface area contributed by atoms with Crippen LogP contribution in [0.15, 0.2) is 78.9 Å². The van der Waals surface area contributed by atoms with Gasteiger partial charge in [0.05, 0.1) is 0 Å². The molecular weight excluding hydrogens is 488 g/mol. The molecule has 2 aliphatic rings. The normalized spacial score (nSPS) is 19.3. The fraction of sp³-hybridized carbons (Fsp3) is 0.333. The summed E-state index contributed by atoms with van der Waals surface area (Å²) in [6.45, 7) is 0.743. The first kappa shape index (κ1) is 25.9. The molecule has 3 amide bonds. The monoisotopic (exact) mass is 519 g/mol. The first-order valence-corrected chi connectivity index (χ1v) is 13.0. The van der Waals surface area contributed by atoms with Gasteiger partial charge in [-0.25, -0.2) is 23.3 Å². The molecule has 198 valence electrons. The van der Waals surface area contributed by atoms with Crippen molar-refractivity contribution in [1.82, 2.24) is 15.5 Å². The van der Waals surface area contributed by atoms with E-state index in [-0.39, 0.29) is 12.0 Å². The van der Waals surface area contributed by atoms with E-state index in [1.54, 1.807) is 0 Å². The van der Waals surface area contributed by atoms with E-state index in [0.29, 0.717) is 24.7 Å². The summed E-state index contributed by atoms with van der Waals surface area (Å²) >= 11 is 0. The maximum absolute atomic E-state index is 13.7. The average Bonchev–Trinajstić information content (AvgIpc) is 3.35. The Morgan fingerprint density at radius 2 is 1.53 bits per heavy atom. The number of hydrogen-bond acceptors (Lipinski definition) is 4. The second-order valence-corrected chi connectivity index (χ2v) is 9.91. The van der Waals surface area contributed by atoms with Gasteiger partial charge in [-0.05, 0) is 54.5 Å². The Labute approximate surface area is 221 Å². The summed E-state index contributed by atoms with van der Waals surface area (Å²) in [6.07, 6.45) is 3.21. The minimum atomic E-state index is -1.04. The molecule has 6 nitrogen and oxygen atoms in total. The van der Waals surface area contributed by atoms with Crippen LogP contribution in [0.3, 0.4) is 0 Å². The molecule has 1 saturated carbocycles. The lowest BCUT2D eigenvalue weighted by Crippen LogP contribution is -2.46. The van der Waals surface area contributed by atoms with Gasteiger partial charge >= 0.3 is 12.1 Å². The van der Waals surface area contributed by atoms with Gasteiger partial charge in [0.15, 0.2) is 11.6 Å². The first-order chi connectivity index (χ1) is 18.5. The van der Waals surface area contributed by atoms with Crippen LogP contribution in [0.1, 0.15) is 48.4 Å². The third-order valence-electron chi connectivity index (χ3n) is 7.75. The average molecular weight is 520 g/mol. The van der Waals surface area contributed by atoms with E-state index >= 15 is 0 Å². The number of imide groups is 1. The van der Waals surface area contributed by atoms with E-state index in [4.69, 9.17) is 4.74 Å². The summed E-state index contributed by atoms with van der Waals surface area (Å²) < 4.78 is 32.0. The summed E-state index contributed by atoms with van der Waals surface area (Å²) in [6, 6.07) is 23.5. The van der Waals surface area contributed by atoms with Crippen molar-refractivity contribution in [2.75, 3.05) is 19.7 Å². The number of benzene rings is 3. The number of nitrogens with zero attached hydrogens (tertiary/aromatic N) is 1. The largest absolute Gasteiger partial charge is 0.446 e. The molecule has 8 heteroatoms. The summed E-state index contributed by atoms with van der Waals surface area (Å²) in [5.41, 5.74) is 2.96. The maximum Gasteiger partial charge on any atom is 0.418 e. The van der Waals surface area contributed by atoms with Crippen LogP contribution in [0.4, 0.5) is 18.4 Å². The Bertz CT molecular complexity index is 1220. The van der Waals surface area contributed by atoms with E-state index in [1.165, 1.54) is 17.2 Å². The molecule has 3 aromatic carbocycles. The Morgan fingerprint density at radius 3 is 2.13 bits per heavy atom. The van der Waals surface area contributed by atoms with E-state index in [2.05, 4.69) is 59.2 Å². The SMILES string of the molecule is O=C(NCCNC1CCC(c2ccccc2)(c2ccccc2)CC1)N1C(=O)OCC1c1ccc(F)c(F)c1. The quantitative estimate of drug-likeness (QED) is 0.394. The summed E-state index contributed by atoms with van der Waals surface area (Å²) in [5.74, 6) is -2.03. The van der Waals surface area contributed by atoms with Crippen LogP contribution in [-0.2, 0) is 10.2 Å². The number of hydrogen-bond donors (Lipinski definition) is 2. The van der Waals surface area contributed by atoms with Crippen molar-refractivity contribution in [2.45, 2.75) is 43.2 Å². The van der Waals surface area contributed by atoms with Crippen molar-refractivity contribution in [2.24, 2.45) is 0 Å². The van der Waals surface area contributed by atoms with Crippen molar-refractivity contribution in [3.63, 3.8) is 0 Å². The van der Waals surface area contributed by atoms with Crippen molar-refractivity contribution >= 4 is 12.1 Å². The van der Waals surface area contributed by atoms with Gasteiger partial charge in [0.2, 0.25) is 0 Å². The molecule has 38 heavy (non-hydrogen) atoms. The molecule has 0 radical (unpaired) electrons. The molecule has 3 aromatic rings. The molecular formula is C30H31F2N3O3. The molecule has 1 atom stereocenters. The highest BCUT2D eigenvalue weighted by Gasteiger charge is 2.40. The number of cyclic esters (lactones) is 1. The van der Waals surface area contributed by atoms with Crippen molar-refractivity contribution in [1.29, 1.82) is 0 Å². The summed E-state index contributed by atoms with van der Waals surface area (Å²) in [5, 5.41) is 6.28. The number of rotatable bonds is 7. The summed E-state index contributed by atoms with van der Waals surface area (Å²) in [7, 11) is 0. The van der Waals surface area contributed by atoms with Crippen LogP contribution in [0.25, 0.3) is 0 Å². The molecule has 1 saturated heterocycles. The maximum atomic E-state index is 13.7. The molecule has 1 aliphatic carbocycles. The molecule has 5 rings (SSSR count). The molecule has 0 aromatic heterocycles. The predicted octanol–water partition coefficient (Wildman–Crippen LogP) is 5.69. The van der Waals surface area contributed by atoms with Gasteiger partial charge in [-0.15, -0.1) is 0 Å². The van der Waals surface area contributed by atoms with E-state index in [1.807, 2.05) is 12.1 Å². The lowest BCUT2D eigenvalue weighted by Gasteiger charge is -2.41. The van der Waals surface area contributed by atoms with Crippen LogP contribution in [0, 0.1) is 11.6 Å². The van der Waals surface area contributed by atoms with Gasteiger partial charge in [0, 0.05) is 24.5 Å². The standard InChI is InChI=1S/C30H31F2N3O3/c31-25-12-11-21(19-26(25)32)27-20-38-29(37)35(27)28(36)34-18-17-33-24-13-15-30(16-14-24,22-7-3-1-4-8-22)23-9-5-2-6-10-23/h1-12,19,24,27,33H,13-18,20H2,(H,34,36). The highest BCUT2D eigenvalue weighted by atomic mass is 19.2. The van der Waals surface area contributed by atoms with Gasteiger partial charge in [-0.2, -0.15) is 0 Å². The topological polar surface area (TPSA) is 70.7 Å². The zero-order valence-electron chi connectivity index (χ0n) is 21.0. The number of halogens is 2. The van der Waals surface area contributed by atoms with Gasteiger partial charge in [0.25, 0.3) is 0 Å². The number of carbonyl (C=O) groups is 2. The fourth-order valence-electron chi connectivity index (χ4n) is 5.71. The number of amides is 3. The number of nitrogens with one attached hydrogen (secondary N) is 2. The Balaban J connectivity index is 1.14. The predicted molar refractivity (Wildman–Crippen MR) is 140 cm³/mol. The molecule has 2 N–H and O–H groups in total. The van der Waals surface area contributed by atoms with Crippen LogP contribution in [0.2, 0.25) is 0 Å². The molecule has 1 unspecified atom stereocenters. The Kier molecular flexibility index (Phi) is 7.69. The molecule has 0 spiro atoms. The summed E-state index contributed by atoms with van der Waals surface area (Å²) in [4.78, 5) is 25.9. The first-order valence-electron chi connectivity index (χ1n) is 13.0. The zero-order chi connectivity index (χ0) is 26.5. The molecule has 1 heterocycles. The van der Waals surface area contributed by atoms with Crippen LogP contribution < -0.4 is 10.6 Å². The van der Waals surface area contributed by atoms with E-state index in [9.17, 15) is 18.4 Å². The van der Waals surface area contributed by atoms with Gasteiger partial charge < -0.3 is 15.4 Å². The zero-order valence-corrected chi connectivity index (χ0v) is 21.0. The van der Waals surface area contributed by atoms with E-state index in [0.717, 1.165) is 42.7 Å². The second-order valence-electron chi connectivity index (χ2n) is 9.91. The van der Waals surface area contributed by atoms with Crippen LogP contribution in [0.5, 0.6) is 0 Å². The smallest absolute Gasteiger partial charge is 0.418 e. The Morgan fingerprint density at radius 1 is 0.895 bits per heavy atom. The van der Waals surface area contributed by atoms with Gasteiger partial charge in [-0.3, -0.25) is 0 Å². The lowest BCUT2D eigenvalue weighted by molar-refractivity contribution is 0.158. The van der Waals surface area contributed by atoms with E-state index < -0.39 is 29.8 Å². The van der Waals surface area contributed by atoms with Crippen molar-refractivity contribution in [3.05, 3.63) is 107 Å². The molecule has 0 bridgehead atoms. The third-order valence-corrected chi connectivity index (χ3v) is 7.75. The van der Waals surface area contributed by atoms with Gasteiger partial charge in [0.1, 0.15) is 12.6 Å². The number of urea groups is 1. The fourth-order valence-corrected chi connectivity index (χ4v) is 5.71. The second kappa shape index (κ2) is 11.3. The highest BCUT2D eigenvalue weighted by molar-refractivity contribution is 5.92.